The summed E-state index contributed by atoms with van der Waals surface area (Å²) in [6.45, 7) is -0.0915. The fraction of sp³-hybridized carbons (Fsp3) is 0.364. The molecule has 0 saturated carbocycles. The SMILES string of the molecule is O=C1N2C[C@H](c3ccccc3C2CO)N1OS(=O)(=O)O. The molecule has 2 bridgehead atoms. The molecule has 0 aromatic heterocycles. The molecule has 9 heteroatoms. The average molecular weight is 300 g/mol. The van der Waals surface area contributed by atoms with Gasteiger partial charge in [0, 0.05) is 0 Å². The number of rotatable bonds is 3. The first kappa shape index (κ1) is 13.3. The van der Waals surface area contributed by atoms with Gasteiger partial charge in [-0.25, -0.2) is 4.79 Å². The Morgan fingerprint density at radius 2 is 1.95 bits per heavy atom. The molecule has 1 saturated heterocycles. The Morgan fingerprint density at radius 1 is 1.30 bits per heavy atom. The van der Waals surface area contributed by atoms with Crippen LogP contribution in [-0.4, -0.2) is 47.2 Å². The molecule has 3 rings (SSSR count). The van der Waals surface area contributed by atoms with Crippen LogP contribution >= 0.6 is 0 Å². The van der Waals surface area contributed by atoms with Crippen molar-refractivity contribution in [1.82, 2.24) is 9.96 Å². The minimum absolute atomic E-state index is 0.191. The first-order chi connectivity index (χ1) is 9.42. The van der Waals surface area contributed by atoms with Crippen LogP contribution in [0.4, 0.5) is 4.79 Å². The summed E-state index contributed by atoms with van der Waals surface area (Å²) in [5.74, 6) is 0. The lowest BCUT2D eigenvalue weighted by molar-refractivity contribution is -0.0317. The van der Waals surface area contributed by atoms with Gasteiger partial charge < -0.3 is 10.0 Å². The number of nitrogens with zero attached hydrogens (tertiary/aromatic N) is 2. The number of fused-ring (bicyclic) bond motifs is 4. The lowest BCUT2D eigenvalue weighted by atomic mass is 9.91. The van der Waals surface area contributed by atoms with E-state index >= 15 is 0 Å². The minimum atomic E-state index is -4.79. The zero-order chi connectivity index (χ0) is 14.5. The number of carbonyl (C=O) groups is 1. The molecule has 8 nitrogen and oxygen atoms in total. The number of hydrogen-bond donors (Lipinski definition) is 2. The third-order valence-corrected chi connectivity index (χ3v) is 3.87. The van der Waals surface area contributed by atoms with Gasteiger partial charge in [-0.2, -0.15) is 13.5 Å². The van der Waals surface area contributed by atoms with E-state index in [9.17, 15) is 18.3 Å². The fourth-order valence-corrected chi connectivity index (χ4v) is 3.12. The summed E-state index contributed by atoms with van der Waals surface area (Å²) in [6, 6.07) is 5.12. The molecule has 0 spiro atoms. The van der Waals surface area contributed by atoms with Gasteiger partial charge in [0.05, 0.1) is 19.2 Å². The van der Waals surface area contributed by atoms with Crippen LogP contribution in [0, 0.1) is 0 Å². The van der Waals surface area contributed by atoms with Crippen molar-refractivity contribution >= 4 is 16.4 Å². The Morgan fingerprint density at radius 3 is 2.55 bits per heavy atom. The van der Waals surface area contributed by atoms with Crippen LogP contribution < -0.4 is 0 Å². The predicted octanol–water partition coefficient (Wildman–Crippen LogP) is 0.247. The van der Waals surface area contributed by atoms with E-state index in [4.69, 9.17) is 4.55 Å². The molecule has 1 unspecified atom stereocenters. The normalized spacial score (nSPS) is 25.0. The largest absolute Gasteiger partial charge is 0.418 e. The Bertz CT molecular complexity index is 661. The summed E-state index contributed by atoms with van der Waals surface area (Å²) < 4.78 is 34.8. The number of aliphatic hydroxyl groups excluding tert-OH is 1. The Labute approximate surface area is 115 Å². The monoisotopic (exact) mass is 300 g/mol. The highest BCUT2D eigenvalue weighted by Gasteiger charge is 2.49. The standard InChI is InChI=1S/C11H12N2O6S/c14-6-10-8-4-2-1-3-7(8)9-5-12(10)11(15)13(9)19-20(16,17)18/h1-4,9-10,14H,5-6H2,(H,16,17,18)/t9-,10?/m1/s1. The molecule has 0 radical (unpaired) electrons. The van der Waals surface area contributed by atoms with Crippen molar-refractivity contribution in [2.45, 2.75) is 12.1 Å². The lowest BCUT2D eigenvalue weighted by Crippen LogP contribution is -2.36. The number of benzene rings is 1. The number of urea groups is 1. The van der Waals surface area contributed by atoms with E-state index in [1.807, 2.05) is 0 Å². The van der Waals surface area contributed by atoms with Crippen molar-refractivity contribution in [1.29, 1.82) is 0 Å². The first-order valence-electron chi connectivity index (χ1n) is 5.89. The van der Waals surface area contributed by atoms with E-state index in [2.05, 4.69) is 4.28 Å². The van der Waals surface area contributed by atoms with Gasteiger partial charge in [-0.1, -0.05) is 24.3 Å². The van der Waals surface area contributed by atoms with Crippen LogP contribution in [0.25, 0.3) is 0 Å². The van der Waals surface area contributed by atoms with Gasteiger partial charge in [0.25, 0.3) is 0 Å². The molecule has 1 aromatic carbocycles. The molecule has 2 amide bonds. The van der Waals surface area contributed by atoms with E-state index in [1.165, 1.54) is 4.90 Å². The summed E-state index contributed by atoms with van der Waals surface area (Å²) in [4.78, 5) is 13.5. The van der Waals surface area contributed by atoms with Crippen molar-refractivity contribution in [3.8, 4) is 0 Å². The Kier molecular flexibility index (Phi) is 2.94. The van der Waals surface area contributed by atoms with Crippen molar-refractivity contribution < 1.29 is 27.2 Å². The molecule has 1 aromatic rings. The molecule has 2 atom stereocenters. The molecule has 108 valence electrons. The van der Waals surface area contributed by atoms with Gasteiger partial charge in [-0.15, -0.1) is 4.28 Å². The topological polar surface area (TPSA) is 107 Å². The molecule has 1 fully saturated rings. The number of hydroxylamine groups is 2. The second-order valence-corrected chi connectivity index (χ2v) is 5.61. The van der Waals surface area contributed by atoms with Crippen molar-refractivity contribution in [3.63, 3.8) is 0 Å². The van der Waals surface area contributed by atoms with Crippen LogP contribution in [0.2, 0.25) is 0 Å². The van der Waals surface area contributed by atoms with Gasteiger partial charge in [-0.05, 0) is 11.1 Å². The first-order valence-corrected chi connectivity index (χ1v) is 7.25. The number of carbonyl (C=O) groups excluding carboxylic acids is 1. The average Bonchev–Trinajstić information content (AvgIpc) is 2.65. The predicted molar refractivity (Wildman–Crippen MR) is 65.6 cm³/mol. The van der Waals surface area contributed by atoms with Gasteiger partial charge in [-0.3, -0.25) is 4.55 Å². The summed E-state index contributed by atoms with van der Waals surface area (Å²) in [7, 11) is -4.79. The minimum Gasteiger partial charge on any atom is -0.394 e. The number of hydrogen-bond acceptors (Lipinski definition) is 5. The maximum absolute atomic E-state index is 12.1. The lowest BCUT2D eigenvalue weighted by Gasteiger charge is -2.31. The van der Waals surface area contributed by atoms with Crippen LogP contribution in [-0.2, 0) is 14.7 Å². The van der Waals surface area contributed by atoms with Crippen LogP contribution in [0.1, 0.15) is 23.2 Å². The zero-order valence-electron chi connectivity index (χ0n) is 10.2. The Balaban J connectivity index is 2.07. The molecule has 20 heavy (non-hydrogen) atoms. The molecule has 2 aliphatic rings. The smallest absolute Gasteiger partial charge is 0.394 e. The molecule has 2 N–H and O–H groups in total. The van der Waals surface area contributed by atoms with Gasteiger partial charge in [0.15, 0.2) is 0 Å². The second kappa shape index (κ2) is 4.42. The van der Waals surface area contributed by atoms with E-state index < -0.39 is 28.5 Å². The number of amides is 2. The van der Waals surface area contributed by atoms with Crippen molar-refractivity contribution in [3.05, 3.63) is 35.4 Å². The summed E-state index contributed by atoms with van der Waals surface area (Å²) >= 11 is 0. The van der Waals surface area contributed by atoms with Crippen molar-refractivity contribution in [2.24, 2.45) is 0 Å². The maximum atomic E-state index is 12.1. The highest BCUT2D eigenvalue weighted by molar-refractivity contribution is 7.80. The fourth-order valence-electron chi connectivity index (χ4n) is 2.75. The summed E-state index contributed by atoms with van der Waals surface area (Å²) in [5.41, 5.74) is 1.43. The van der Waals surface area contributed by atoms with Gasteiger partial charge in [0.1, 0.15) is 6.04 Å². The van der Waals surface area contributed by atoms with E-state index in [1.54, 1.807) is 24.3 Å². The molecule has 0 aliphatic carbocycles. The quantitative estimate of drug-likeness (QED) is 0.775. The highest BCUT2D eigenvalue weighted by atomic mass is 32.3. The zero-order valence-corrected chi connectivity index (χ0v) is 11.0. The summed E-state index contributed by atoms with van der Waals surface area (Å²) in [6.07, 6.45) is 0. The third kappa shape index (κ3) is 1.95. The van der Waals surface area contributed by atoms with Crippen LogP contribution in [0.3, 0.4) is 0 Å². The summed E-state index contributed by atoms with van der Waals surface area (Å²) in [5, 5.41) is 10.1. The Hall–Kier alpha value is -1.68. The van der Waals surface area contributed by atoms with E-state index in [-0.39, 0.29) is 13.2 Å². The molecular weight excluding hydrogens is 288 g/mol. The van der Waals surface area contributed by atoms with Crippen molar-refractivity contribution in [2.75, 3.05) is 13.2 Å². The molecule has 2 aliphatic heterocycles. The van der Waals surface area contributed by atoms with Gasteiger partial charge in [0.2, 0.25) is 0 Å². The third-order valence-electron chi connectivity index (χ3n) is 3.52. The van der Waals surface area contributed by atoms with Crippen LogP contribution in [0.5, 0.6) is 0 Å². The van der Waals surface area contributed by atoms with E-state index in [0.29, 0.717) is 10.6 Å². The molecule has 2 heterocycles. The second-order valence-electron chi connectivity index (χ2n) is 4.61. The maximum Gasteiger partial charge on any atom is 0.418 e. The highest BCUT2D eigenvalue weighted by Crippen LogP contribution is 2.43. The van der Waals surface area contributed by atoms with Crippen LogP contribution in [0.15, 0.2) is 24.3 Å². The number of aliphatic hydroxyl groups is 1. The molecular formula is C11H12N2O6S. The van der Waals surface area contributed by atoms with E-state index in [0.717, 1.165) is 5.56 Å². The van der Waals surface area contributed by atoms with Gasteiger partial charge >= 0.3 is 16.4 Å².